The Hall–Kier alpha value is -0.00506. The van der Waals surface area contributed by atoms with E-state index < -0.39 is 5.57 Å². The van der Waals surface area contributed by atoms with Gasteiger partial charge in [0.2, 0.25) is 0 Å². The van der Waals surface area contributed by atoms with E-state index in [9.17, 15) is 4.39 Å². The van der Waals surface area contributed by atoms with Crippen molar-refractivity contribution < 1.29 is 4.39 Å². The maximum Gasteiger partial charge on any atom is 0.121 e. The highest BCUT2D eigenvalue weighted by atomic mass is 19.1. The van der Waals surface area contributed by atoms with Gasteiger partial charge in [0.1, 0.15) is 7.85 Å². The number of hydrogen-bond donors (Lipinski definition) is 0. The minimum atomic E-state index is -1.47. The van der Waals surface area contributed by atoms with Crippen molar-refractivity contribution in [3.8, 4) is 0 Å². The first-order valence-corrected chi connectivity index (χ1v) is 4.34. The predicted octanol–water partition coefficient (Wildman–Crippen LogP) is 2.91. The standard InChI is InChI=1S/C9H18BF/c1-7(2)5-6-9(10,11)8(3)4/h7-8H,5-6H2,1-4H3. The largest absolute Gasteiger partial charge is 0.255 e. The van der Waals surface area contributed by atoms with Crippen LogP contribution in [0.3, 0.4) is 0 Å². The van der Waals surface area contributed by atoms with Crippen LogP contribution in [0.15, 0.2) is 0 Å². The van der Waals surface area contributed by atoms with Crippen LogP contribution >= 0.6 is 0 Å². The Labute approximate surface area is 71.0 Å². The van der Waals surface area contributed by atoms with Gasteiger partial charge in [0.25, 0.3) is 0 Å². The molecule has 0 heterocycles. The van der Waals surface area contributed by atoms with Gasteiger partial charge in [-0.2, -0.15) is 0 Å². The van der Waals surface area contributed by atoms with E-state index in [-0.39, 0.29) is 5.92 Å². The zero-order valence-electron chi connectivity index (χ0n) is 8.02. The summed E-state index contributed by atoms with van der Waals surface area (Å²) >= 11 is 0. The molecule has 0 saturated heterocycles. The lowest BCUT2D eigenvalue weighted by molar-refractivity contribution is 0.177. The smallest absolute Gasteiger partial charge is 0.121 e. The second-order valence-electron chi connectivity index (χ2n) is 4.01. The van der Waals surface area contributed by atoms with Crippen LogP contribution in [0, 0.1) is 11.8 Å². The quantitative estimate of drug-likeness (QED) is 0.549. The molecule has 0 spiro atoms. The summed E-state index contributed by atoms with van der Waals surface area (Å²) in [6.45, 7) is 7.80. The van der Waals surface area contributed by atoms with Crippen molar-refractivity contribution in [1.82, 2.24) is 0 Å². The molecule has 0 fully saturated rings. The first-order chi connectivity index (χ1) is 4.86. The summed E-state index contributed by atoms with van der Waals surface area (Å²) < 4.78 is 13.4. The van der Waals surface area contributed by atoms with Crippen molar-refractivity contribution >= 4 is 7.85 Å². The summed E-state index contributed by atoms with van der Waals surface area (Å²) in [5, 5.41) is 0. The van der Waals surface area contributed by atoms with Crippen LogP contribution < -0.4 is 0 Å². The fourth-order valence-electron chi connectivity index (χ4n) is 0.799. The van der Waals surface area contributed by atoms with Crippen molar-refractivity contribution in [3.63, 3.8) is 0 Å². The van der Waals surface area contributed by atoms with Crippen LogP contribution in [0.25, 0.3) is 0 Å². The molecule has 0 N–H and O–H groups in total. The Morgan fingerprint density at radius 1 is 1.27 bits per heavy atom. The molecule has 0 aromatic heterocycles. The third kappa shape index (κ3) is 4.44. The van der Waals surface area contributed by atoms with Crippen molar-refractivity contribution in [3.05, 3.63) is 0 Å². The van der Waals surface area contributed by atoms with Crippen molar-refractivity contribution in [2.24, 2.45) is 11.8 Å². The second-order valence-corrected chi connectivity index (χ2v) is 4.01. The van der Waals surface area contributed by atoms with Crippen LogP contribution in [0.1, 0.15) is 40.5 Å². The molecule has 0 aromatic rings. The first-order valence-electron chi connectivity index (χ1n) is 4.34. The lowest BCUT2D eigenvalue weighted by atomic mass is 9.71. The Morgan fingerprint density at radius 2 is 1.73 bits per heavy atom. The average Bonchev–Trinajstić information content (AvgIpc) is 1.84. The second kappa shape index (κ2) is 4.13. The number of hydrogen-bond acceptors (Lipinski definition) is 0. The average molecular weight is 156 g/mol. The van der Waals surface area contributed by atoms with Gasteiger partial charge in [-0.15, -0.1) is 0 Å². The molecule has 0 nitrogen and oxygen atoms in total. The van der Waals surface area contributed by atoms with Crippen LogP contribution in [0.4, 0.5) is 4.39 Å². The molecule has 11 heavy (non-hydrogen) atoms. The molecular weight excluding hydrogens is 138 g/mol. The van der Waals surface area contributed by atoms with Gasteiger partial charge >= 0.3 is 0 Å². The molecule has 1 unspecified atom stereocenters. The molecule has 0 aromatic carbocycles. The lowest BCUT2D eigenvalue weighted by Crippen LogP contribution is -2.30. The summed E-state index contributed by atoms with van der Waals surface area (Å²) in [6, 6.07) is 0. The molecule has 0 bridgehead atoms. The van der Waals surface area contributed by atoms with Crippen LogP contribution in [0.2, 0.25) is 0 Å². The minimum Gasteiger partial charge on any atom is -0.255 e. The molecular formula is C9H18BF. The highest BCUT2D eigenvalue weighted by Crippen LogP contribution is 2.25. The van der Waals surface area contributed by atoms with Gasteiger partial charge in [0, 0.05) is 0 Å². The molecule has 2 radical (unpaired) electrons. The molecule has 0 saturated carbocycles. The van der Waals surface area contributed by atoms with E-state index >= 15 is 0 Å². The number of rotatable bonds is 4. The van der Waals surface area contributed by atoms with Gasteiger partial charge in [-0.3, -0.25) is 4.39 Å². The molecule has 0 aliphatic carbocycles. The molecule has 2 heteroatoms. The van der Waals surface area contributed by atoms with E-state index in [0.717, 1.165) is 6.42 Å². The maximum absolute atomic E-state index is 13.4. The molecule has 0 aliphatic rings. The van der Waals surface area contributed by atoms with Gasteiger partial charge in [0.05, 0.1) is 5.57 Å². The van der Waals surface area contributed by atoms with E-state index in [4.69, 9.17) is 7.85 Å². The summed E-state index contributed by atoms with van der Waals surface area (Å²) in [5.41, 5.74) is -1.47. The zero-order chi connectivity index (χ0) is 9.07. The third-order valence-electron chi connectivity index (χ3n) is 2.06. The Balaban J connectivity index is 3.73. The predicted molar refractivity (Wildman–Crippen MR) is 48.5 cm³/mol. The highest BCUT2D eigenvalue weighted by Gasteiger charge is 2.26. The fraction of sp³-hybridized carbons (Fsp3) is 1.00. The SMILES string of the molecule is [B]C(F)(CCC(C)C)C(C)C. The molecule has 1 atom stereocenters. The van der Waals surface area contributed by atoms with Gasteiger partial charge < -0.3 is 0 Å². The minimum absolute atomic E-state index is 0.0822. The van der Waals surface area contributed by atoms with Gasteiger partial charge in [-0.05, 0) is 24.7 Å². The van der Waals surface area contributed by atoms with Gasteiger partial charge in [-0.25, -0.2) is 0 Å². The van der Waals surface area contributed by atoms with E-state index in [0.29, 0.717) is 12.3 Å². The van der Waals surface area contributed by atoms with Crippen LogP contribution in [-0.2, 0) is 0 Å². The first kappa shape index (κ1) is 11.0. The van der Waals surface area contributed by atoms with Gasteiger partial charge in [-0.1, -0.05) is 27.7 Å². The van der Waals surface area contributed by atoms with E-state index in [1.807, 2.05) is 13.8 Å². The summed E-state index contributed by atoms with van der Waals surface area (Å²) in [5.74, 6) is 0.452. The third-order valence-corrected chi connectivity index (χ3v) is 2.06. The number of halogens is 1. The van der Waals surface area contributed by atoms with Gasteiger partial charge in [0.15, 0.2) is 0 Å². The monoisotopic (exact) mass is 156 g/mol. The molecule has 0 amide bonds. The fourth-order valence-corrected chi connectivity index (χ4v) is 0.799. The van der Waals surface area contributed by atoms with Crippen molar-refractivity contribution in [2.75, 3.05) is 0 Å². The number of alkyl halides is 1. The van der Waals surface area contributed by atoms with Crippen molar-refractivity contribution in [1.29, 1.82) is 0 Å². The summed E-state index contributed by atoms with van der Waals surface area (Å²) in [4.78, 5) is 0. The topological polar surface area (TPSA) is 0 Å². The summed E-state index contributed by atoms with van der Waals surface area (Å²) in [6.07, 6.45) is 1.34. The van der Waals surface area contributed by atoms with E-state index in [1.54, 1.807) is 0 Å². The van der Waals surface area contributed by atoms with E-state index in [1.165, 1.54) is 0 Å². The molecule has 64 valence electrons. The molecule has 0 aliphatic heterocycles. The van der Waals surface area contributed by atoms with E-state index in [2.05, 4.69) is 13.8 Å². The van der Waals surface area contributed by atoms with Crippen molar-refractivity contribution in [2.45, 2.75) is 46.1 Å². The Morgan fingerprint density at radius 3 is 2.00 bits per heavy atom. The Kier molecular flexibility index (Phi) is 4.13. The van der Waals surface area contributed by atoms with Crippen LogP contribution in [-0.4, -0.2) is 13.4 Å². The molecule has 0 rings (SSSR count). The van der Waals surface area contributed by atoms with Crippen LogP contribution in [0.5, 0.6) is 0 Å². The lowest BCUT2D eigenvalue weighted by Gasteiger charge is -2.26. The maximum atomic E-state index is 13.4. The normalized spacial score (nSPS) is 17.4. The summed E-state index contributed by atoms with van der Waals surface area (Å²) in [7, 11) is 5.44. The Bertz CT molecular complexity index is 108. The highest BCUT2D eigenvalue weighted by molar-refractivity contribution is 6.14. The zero-order valence-corrected chi connectivity index (χ0v) is 8.02.